The molecule has 0 bridgehead atoms. The van der Waals surface area contributed by atoms with Crippen LogP contribution in [0.1, 0.15) is 36.7 Å². The predicted molar refractivity (Wildman–Crippen MR) is 86.5 cm³/mol. The zero-order valence-electron chi connectivity index (χ0n) is 13.6. The molecule has 0 radical (unpaired) electrons. The van der Waals surface area contributed by atoms with Crippen LogP contribution in [0.3, 0.4) is 0 Å². The summed E-state index contributed by atoms with van der Waals surface area (Å²) < 4.78 is 44.8. The van der Waals surface area contributed by atoms with Crippen LogP contribution >= 0.6 is 0 Å². The number of carbonyl (C=O) groups is 1. The third-order valence-electron chi connectivity index (χ3n) is 3.18. The van der Waals surface area contributed by atoms with Crippen LogP contribution in [0.25, 0.3) is 11.1 Å². The van der Waals surface area contributed by atoms with Gasteiger partial charge in [-0.25, -0.2) is 4.79 Å². The van der Waals surface area contributed by atoms with E-state index in [-0.39, 0.29) is 16.8 Å². The molecule has 0 saturated heterocycles. The number of hydrogen-bond acceptors (Lipinski definition) is 3. The fourth-order valence-corrected chi connectivity index (χ4v) is 2.17. The van der Waals surface area contributed by atoms with Gasteiger partial charge in [0.2, 0.25) is 0 Å². The van der Waals surface area contributed by atoms with Crippen molar-refractivity contribution in [3.63, 3.8) is 0 Å². The minimum Gasteiger partial charge on any atom is -0.456 e. The molecule has 2 aromatic carbocycles. The highest BCUT2D eigenvalue weighted by Crippen LogP contribution is 2.38. The summed E-state index contributed by atoms with van der Waals surface area (Å²) in [6.07, 6.45) is -4.52. The first-order valence-electron chi connectivity index (χ1n) is 7.28. The van der Waals surface area contributed by atoms with Crippen LogP contribution in [0.15, 0.2) is 42.5 Å². The van der Waals surface area contributed by atoms with E-state index in [4.69, 9.17) is 10.5 Å². The van der Waals surface area contributed by atoms with Gasteiger partial charge < -0.3 is 10.5 Å². The lowest BCUT2D eigenvalue weighted by Crippen LogP contribution is -2.23. The minimum atomic E-state index is -4.52. The van der Waals surface area contributed by atoms with Crippen LogP contribution in [0.4, 0.5) is 18.9 Å². The summed E-state index contributed by atoms with van der Waals surface area (Å²) in [5.74, 6) is -0.526. The van der Waals surface area contributed by atoms with Crippen molar-refractivity contribution in [3.05, 3.63) is 53.6 Å². The van der Waals surface area contributed by atoms with Gasteiger partial charge in [0.15, 0.2) is 0 Å². The fraction of sp³-hybridized carbons (Fsp3) is 0.278. The Labute approximate surface area is 138 Å². The number of esters is 1. The minimum absolute atomic E-state index is 0.00689. The van der Waals surface area contributed by atoms with Gasteiger partial charge in [-0.05, 0) is 56.2 Å². The van der Waals surface area contributed by atoms with E-state index >= 15 is 0 Å². The van der Waals surface area contributed by atoms with Crippen LogP contribution in [0.5, 0.6) is 0 Å². The highest BCUT2D eigenvalue weighted by molar-refractivity contribution is 5.90. The molecule has 0 aromatic heterocycles. The van der Waals surface area contributed by atoms with Crippen molar-refractivity contribution >= 4 is 11.7 Å². The average Bonchev–Trinajstić information content (AvgIpc) is 2.44. The van der Waals surface area contributed by atoms with Gasteiger partial charge in [0.05, 0.1) is 11.1 Å². The Morgan fingerprint density at radius 3 is 2.08 bits per heavy atom. The molecule has 2 N–H and O–H groups in total. The number of hydrogen-bond donors (Lipinski definition) is 1. The Balaban J connectivity index is 2.37. The Morgan fingerprint density at radius 1 is 1.00 bits per heavy atom. The molecule has 0 amide bonds. The number of benzene rings is 2. The number of anilines is 1. The van der Waals surface area contributed by atoms with Gasteiger partial charge in [-0.15, -0.1) is 0 Å². The summed E-state index contributed by atoms with van der Waals surface area (Å²) in [5.41, 5.74) is 4.67. The average molecular weight is 337 g/mol. The number of nitrogen functional groups attached to an aromatic ring is 1. The molecular weight excluding hydrogens is 319 g/mol. The summed E-state index contributed by atoms with van der Waals surface area (Å²) in [5, 5.41) is 0. The van der Waals surface area contributed by atoms with Gasteiger partial charge in [-0.1, -0.05) is 18.2 Å². The highest BCUT2D eigenvalue weighted by Gasteiger charge is 2.33. The van der Waals surface area contributed by atoms with Gasteiger partial charge in [0.1, 0.15) is 5.60 Å². The Kier molecular flexibility index (Phi) is 4.60. The van der Waals surface area contributed by atoms with E-state index in [0.717, 1.165) is 6.07 Å². The SMILES string of the molecule is CC(C)(C)OC(=O)c1ccc(-c2ccc(N)cc2C(F)(F)F)cc1. The van der Waals surface area contributed by atoms with Crippen molar-refractivity contribution in [1.82, 2.24) is 0 Å². The van der Waals surface area contributed by atoms with Gasteiger partial charge in [-0.3, -0.25) is 0 Å². The van der Waals surface area contributed by atoms with Crippen molar-refractivity contribution in [1.29, 1.82) is 0 Å². The van der Waals surface area contributed by atoms with Crippen LogP contribution in [0.2, 0.25) is 0 Å². The number of nitrogens with two attached hydrogens (primary N) is 1. The summed E-state index contributed by atoms with van der Waals surface area (Å²) in [7, 11) is 0. The van der Waals surface area contributed by atoms with Crippen molar-refractivity contribution in [2.75, 3.05) is 5.73 Å². The van der Waals surface area contributed by atoms with E-state index in [9.17, 15) is 18.0 Å². The lowest BCUT2D eigenvalue weighted by Gasteiger charge is -2.19. The first-order valence-corrected chi connectivity index (χ1v) is 7.28. The quantitative estimate of drug-likeness (QED) is 0.626. The molecule has 6 heteroatoms. The third-order valence-corrected chi connectivity index (χ3v) is 3.18. The molecule has 0 heterocycles. The smallest absolute Gasteiger partial charge is 0.417 e. The maximum Gasteiger partial charge on any atom is 0.417 e. The lowest BCUT2D eigenvalue weighted by molar-refractivity contribution is -0.137. The molecule has 2 aromatic rings. The summed E-state index contributed by atoms with van der Waals surface area (Å²) in [6.45, 7) is 5.22. The van der Waals surface area contributed by atoms with E-state index in [1.54, 1.807) is 20.8 Å². The first kappa shape index (κ1) is 17.8. The van der Waals surface area contributed by atoms with Gasteiger partial charge in [0.25, 0.3) is 0 Å². The van der Waals surface area contributed by atoms with Crippen molar-refractivity contribution < 1.29 is 22.7 Å². The zero-order valence-corrected chi connectivity index (χ0v) is 13.6. The molecule has 2 rings (SSSR count). The first-order chi connectivity index (χ1) is 11.0. The molecule has 0 spiro atoms. The Hall–Kier alpha value is -2.50. The topological polar surface area (TPSA) is 52.3 Å². The summed E-state index contributed by atoms with van der Waals surface area (Å²) in [6, 6.07) is 9.43. The number of ether oxygens (including phenoxy) is 1. The van der Waals surface area contributed by atoms with Crippen molar-refractivity contribution in [2.24, 2.45) is 0 Å². The Morgan fingerprint density at radius 2 is 1.58 bits per heavy atom. The van der Waals surface area contributed by atoms with E-state index in [1.807, 2.05) is 0 Å². The molecule has 24 heavy (non-hydrogen) atoms. The van der Waals surface area contributed by atoms with Gasteiger partial charge in [0, 0.05) is 5.69 Å². The third kappa shape index (κ3) is 4.28. The second kappa shape index (κ2) is 6.19. The standard InChI is InChI=1S/C18H18F3NO2/c1-17(2,3)24-16(23)12-6-4-11(5-7-12)14-9-8-13(22)10-15(14)18(19,20)21/h4-10H,22H2,1-3H3. The second-order valence-corrected chi connectivity index (χ2v) is 6.38. The number of halogens is 3. The van der Waals surface area contributed by atoms with E-state index < -0.39 is 23.3 Å². The fourth-order valence-electron chi connectivity index (χ4n) is 2.17. The lowest BCUT2D eigenvalue weighted by atomic mass is 9.97. The van der Waals surface area contributed by atoms with Crippen LogP contribution in [-0.4, -0.2) is 11.6 Å². The van der Waals surface area contributed by atoms with Gasteiger partial charge in [-0.2, -0.15) is 13.2 Å². The molecule has 0 atom stereocenters. The number of carbonyl (C=O) groups excluding carboxylic acids is 1. The predicted octanol–water partition coefficient (Wildman–Crippen LogP) is 4.91. The maximum atomic E-state index is 13.2. The molecule has 128 valence electrons. The number of alkyl halides is 3. The monoisotopic (exact) mass is 337 g/mol. The normalized spacial score (nSPS) is 12.1. The largest absolute Gasteiger partial charge is 0.456 e. The van der Waals surface area contributed by atoms with Crippen molar-refractivity contribution in [3.8, 4) is 11.1 Å². The van der Waals surface area contributed by atoms with Gasteiger partial charge >= 0.3 is 12.1 Å². The van der Waals surface area contributed by atoms with Crippen molar-refractivity contribution in [2.45, 2.75) is 32.5 Å². The molecule has 0 aliphatic carbocycles. The van der Waals surface area contributed by atoms with Crippen LogP contribution in [-0.2, 0) is 10.9 Å². The van der Waals surface area contributed by atoms with E-state index in [1.165, 1.54) is 36.4 Å². The molecular formula is C18H18F3NO2. The van der Waals surface area contributed by atoms with E-state index in [0.29, 0.717) is 5.56 Å². The summed E-state index contributed by atoms with van der Waals surface area (Å²) >= 11 is 0. The molecule has 0 fully saturated rings. The molecule has 0 saturated carbocycles. The van der Waals surface area contributed by atoms with Crippen LogP contribution in [0, 0.1) is 0 Å². The summed E-state index contributed by atoms with van der Waals surface area (Å²) in [4.78, 5) is 12.0. The highest BCUT2D eigenvalue weighted by atomic mass is 19.4. The number of rotatable bonds is 2. The van der Waals surface area contributed by atoms with Crippen LogP contribution < -0.4 is 5.73 Å². The second-order valence-electron chi connectivity index (χ2n) is 6.38. The molecule has 3 nitrogen and oxygen atoms in total. The molecule has 0 unspecified atom stereocenters. The molecule has 0 aliphatic heterocycles. The zero-order chi connectivity index (χ0) is 18.1. The Bertz CT molecular complexity index is 744. The maximum absolute atomic E-state index is 13.2. The van der Waals surface area contributed by atoms with E-state index in [2.05, 4.69) is 0 Å². The molecule has 0 aliphatic rings.